The fourth-order valence-electron chi connectivity index (χ4n) is 0.197. The van der Waals surface area contributed by atoms with Gasteiger partial charge in [-0.15, -0.1) is 0 Å². The highest BCUT2D eigenvalue weighted by molar-refractivity contribution is 7.99. The van der Waals surface area contributed by atoms with Gasteiger partial charge < -0.3 is 5.11 Å². The Kier molecular flexibility index (Phi) is 3.48. The summed E-state index contributed by atoms with van der Waals surface area (Å²) in [7, 11) is 0. The number of hydrogen-bond acceptors (Lipinski definition) is 2. The van der Waals surface area contributed by atoms with Gasteiger partial charge in [0.15, 0.2) is 0 Å². The first-order chi connectivity index (χ1) is 3.18. The van der Waals surface area contributed by atoms with Crippen molar-refractivity contribution in [1.82, 2.24) is 0 Å². The molecule has 0 fully saturated rings. The average Bonchev–Trinajstić information content (AvgIpc) is 1.65. The molecular weight excluding hydrogens is 108 g/mol. The third-order valence-electron chi connectivity index (χ3n) is 0.841. The van der Waals surface area contributed by atoms with Crippen molar-refractivity contribution in [1.29, 1.82) is 0 Å². The van der Waals surface area contributed by atoms with Crippen LogP contribution in [-0.2, 0) is 0 Å². The van der Waals surface area contributed by atoms with Gasteiger partial charge in [-0.05, 0) is 20.1 Å². The highest BCUT2D eigenvalue weighted by atomic mass is 32.2. The predicted molar refractivity (Wildman–Crippen MR) is 34.3 cm³/mol. The lowest BCUT2D eigenvalue weighted by Gasteiger charge is -2.08. The van der Waals surface area contributed by atoms with Crippen molar-refractivity contribution in [2.75, 3.05) is 6.26 Å². The Hall–Kier alpha value is 0.310. The smallest absolute Gasteiger partial charge is 0.0630 e. The molecule has 2 unspecified atom stereocenters. The average molecular weight is 119 g/mol. The second kappa shape index (κ2) is 3.33. The number of hydrogen-bond donors (Lipinski definition) is 1. The molecule has 7 heavy (non-hydrogen) atoms. The maximum Gasteiger partial charge on any atom is 0.0630 e. The third kappa shape index (κ3) is 2.94. The second-order valence-corrected chi connectivity index (χ2v) is 2.59. The van der Waals surface area contributed by atoms with Crippen LogP contribution < -0.4 is 0 Å². The Labute approximate surface area is 49.1 Å². The van der Waals surface area contributed by atoms with Crippen molar-refractivity contribution in [3.8, 4) is 0 Å². The molecule has 1 nitrogen and oxygen atoms in total. The van der Waals surface area contributed by atoms with Crippen LogP contribution in [-0.4, -0.2) is 22.7 Å². The summed E-state index contributed by atoms with van der Waals surface area (Å²) in [5.74, 6) is 0. The normalized spacial score (nSPS) is 18.9. The van der Waals surface area contributed by atoms with E-state index < -0.39 is 0 Å². The molecule has 0 saturated carbocycles. The highest BCUT2D eigenvalue weighted by Gasteiger charge is 2.03. The third-order valence-corrected chi connectivity index (χ3v) is 1.84. The van der Waals surface area contributed by atoms with Crippen LogP contribution in [0.5, 0.6) is 0 Å². The van der Waals surface area contributed by atoms with Gasteiger partial charge in [-0.1, -0.05) is 0 Å². The second-order valence-electron chi connectivity index (χ2n) is 1.51. The molecule has 0 aromatic rings. The Morgan fingerprint density at radius 2 is 2.14 bits per heavy atom. The molecule has 0 spiro atoms. The van der Waals surface area contributed by atoms with Crippen LogP contribution in [0.2, 0.25) is 0 Å². The van der Waals surface area contributed by atoms with E-state index in [9.17, 15) is 0 Å². The van der Waals surface area contributed by atoms with Crippen molar-refractivity contribution in [3.63, 3.8) is 0 Å². The van der Waals surface area contributed by atoms with Crippen molar-refractivity contribution >= 4 is 11.8 Å². The zero-order valence-electron chi connectivity index (χ0n) is 4.72. The minimum absolute atomic E-state index is 0.125. The number of aliphatic hydroxyl groups excluding tert-OH is 1. The SMILES string of the molecule is [CH2]C(SC)C(C)O. The summed E-state index contributed by atoms with van der Waals surface area (Å²) in [6.45, 7) is 5.41. The van der Waals surface area contributed by atoms with Gasteiger partial charge in [0, 0.05) is 5.25 Å². The van der Waals surface area contributed by atoms with Crippen LogP contribution in [0.15, 0.2) is 0 Å². The fourth-order valence-corrected chi connectivity index (χ4v) is 0.591. The van der Waals surface area contributed by atoms with Crippen LogP contribution in [0, 0.1) is 6.92 Å². The van der Waals surface area contributed by atoms with E-state index in [0.29, 0.717) is 0 Å². The summed E-state index contributed by atoms with van der Waals surface area (Å²) in [4.78, 5) is 0. The van der Waals surface area contributed by atoms with E-state index in [1.807, 2.05) is 6.26 Å². The van der Waals surface area contributed by atoms with Crippen LogP contribution in [0.3, 0.4) is 0 Å². The maximum absolute atomic E-state index is 8.74. The lowest BCUT2D eigenvalue weighted by Crippen LogP contribution is -2.14. The van der Waals surface area contributed by atoms with Gasteiger partial charge in [0.05, 0.1) is 6.10 Å². The summed E-state index contributed by atoms with van der Waals surface area (Å²) in [6.07, 6.45) is 1.65. The summed E-state index contributed by atoms with van der Waals surface area (Å²) < 4.78 is 0. The minimum atomic E-state index is -0.282. The molecule has 0 rings (SSSR count). The summed E-state index contributed by atoms with van der Waals surface area (Å²) >= 11 is 1.57. The van der Waals surface area contributed by atoms with Gasteiger partial charge in [0.25, 0.3) is 0 Å². The maximum atomic E-state index is 8.74. The van der Waals surface area contributed by atoms with Gasteiger partial charge >= 0.3 is 0 Å². The molecule has 0 aromatic heterocycles. The van der Waals surface area contributed by atoms with Gasteiger partial charge in [-0.25, -0.2) is 0 Å². The Balaban J connectivity index is 3.14. The first-order valence-electron chi connectivity index (χ1n) is 2.22. The van der Waals surface area contributed by atoms with E-state index >= 15 is 0 Å². The topological polar surface area (TPSA) is 20.2 Å². The zero-order chi connectivity index (χ0) is 5.86. The molecule has 0 aliphatic rings. The summed E-state index contributed by atoms with van der Waals surface area (Å²) in [6, 6.07) is 0. The molecule has 2 atom stereocenters. The standard InChI is InChI=1S/C5H11OS/c1-4(6)5(2)7-3/h4-6H,2H2,1,3H3. The van der Waals surface area contributed by atoms with E-state index in [2.05, 4.69) is 6.92 Å². The monoisotopic (exact) mass is 119 g/mol. The first-order valence-corrected chi connectivity index (χ1v) is 3.51. The van der Waals surface area contributed by atoms with E-state index in [4.69, 9.17) is 5.11 Å². The van der Waals surface area contributed by atoms with Crippen LogP contribution in [0.1, 0.15) is 6.92 Å². The fraction of sp³-hybridized carbons (Fsp3) is 0.800. The molecule has 1 radical (unpaired) electrons. The van der Waals surface area contributed by atoms with E-state index in [1.54, 1.807) is 18.7 Å². The highest BCUT2D eigenvalue weighted by Crippen LogP contribution is 2.07. The molecule has 43 valence electrons. The van der Waals surface area contributed by atoms with Crippen LogP contribution >= 0.6 is 11.8 Å². The Bertz CT molecular complexity index is 45.3. The molecule has 0 aromatic carbocycles. The Morgan fingerprint density at radius 3 is 2.14 bits per heavy atom. The van der Waals surface area contributed by atoms with Crippen molar-refractivity contribution in [3.05, 3.63) is 6.92 Å². The summed E-state index contributed by atoms with van der Waals surface area (Å²) in [5, 5.41) is 8.86. The number of rotatable bonds is 2. The molecule has 0 aliphatic heterocycles. The van der Waals surface area contributed by atoms with Crippen LogP contribution in [0.4, 0.5) is 0 Å². The van der Waals surface area contributed by atoms with Gasteiger partial charge in [-0.2, -0.15) is 11.8 Å². The summed E-state index contributed by atoms with van der Waals surface area (Å²) in [5.41, 5.74) is 0. The molecule has 0 saturated heterocycles. The van der Waals surface area contributed by atoms with Gasteiger partial charge in [0.1, 0.15) is 0 Å². The number of aliphatic hydroxyl groups is 1. The molecule has 0 amide bonds. The quantitative estimate of drug-likeness (QED) is 0.583. The molecule has 0 heterocycles. The largest absolute Gasteiger partial charge is 0.392 e. The molecule has 0 aliphatic carbocycles. The lowest BCUT2D eigenvalue weighted by atomic mass is 10.3. The molecule has 1 N–H and O–H groups in total. The van der Waals surface area contributed by atoms with E-state index in [-0.39, 0.29) is 11.4 Å². The van der Waals surface area contributed by atoms with Crippen molar-refractivity contribution in [2.45, 2.75) is 18.3 Å². The van der Waals surface area contributed by atoms with Crippen molar-refractivity contribution in [2.24, 2.45) is 0 Å². The minimum Gasteiger partial charge on any atom is -0.392 e. The van der Waals surface area contributed by atoms with E-state index in [0.717, 1.165) is 0 Å². The molecule has 2 heteroatoms. The van der Waals surface area contributed by atoms with Crippen molar-refractivity contribution < 1.29 is 5.11 Å². The predicted octanol–water partition coefficient (Wildman–Crippen LogP) is 0.933. The zero-order valence-corrected chi connectivity index (χ0v) is 5.53. The van der Waals surface area contributed by atoms with Gasteiger partial charge in [0.2, 0.25) is 0 Å². The molecule has 0 bridgehead atoms. The first kappa shape index (κ1) is 7.31. The lowest BCUT2D eigenvalue weighted by molar-refractivity contribution is 0.203. The van der Waals surface area contributed by atoms with E-state index in [1.165, 1.54) is 0 Å². The number of thioether (sulfide) groups is 1. The van der Waals surface area contributed by atoms with Crippen LogP contribution in [0.25, 0.3) is 0 Å². The van der Waals surface area contributed by atoms with Gasteiger partial charge in [-0.3, -0.25) is 0 Å². The molecular formula is C5H11OS. The Morgan fingerprint density at radius 1 is 1.71 bits per heavy atom.